The van der Waals surface area contributed by atoms with Crippen LogP contribution in [0.3, 0.4) is 0 Å². The molecule has 1 aliphatic heterocycles. The van der Waals surface area contributed by atoms with Crippen molar-refractivity contribution in [3.63, 3.8) is 0 Å². The highest BCUT2D eigenvalue weighted by Crippen LogP contribution is 2.25. The van der Waals surface area contributed by atoms with Crippen LogP contribution in [0, 0.1) is 17.2 Å². The van der Waals surface area contributed by atoms with Gasteiger partial charge in [-0.15, -0.1) is 0 Å². The lowest BCUT2D eigenvalue weighted by molar-refractivity contribution is 0.221. The molecule has 3 heteroatoms. The second-order valence-corrected chi connectivity index (χ2v) is 6.11. The molecule has 2 rings (SSSR count). The molecule has 2 unspecified atom stereocenters. The summed E-state index contributed by atoms with van der Waals surface area (Å²) >= 11 is 0. The maximum atomic E-state index is 9.79. The molecular weight excluding hydrogens is 258 g/mol. The van der Waals surface area contributed by atoms with Crippen LogP contribution in [0.25, 0.3) is 0 Å². The van der Waals surface area contributed by atoms with Crippen LogP contribution < -0.4 is 5.32 Å². The van der Waals surface area contributed by atoms with E-state index in [4.69, 9.17) is 0 Å². The fourth-order valence-corrected chi connectivity index (χ4v) is 3.32. The van der Waals surface area contributed by atoms with Gasteiger partial charge in [0, 0.05) is 6.54 Å². The van der Waals surface area contributed by atoms with Gasteiger partial charge in [0.15, 0.2) is 0 Å². The van der Waals surface area contributed by atoms with Crippen molar-refractivity contribution < 1.29 is 0 Å². The highest BCUT2D eigenvalue weighted by Gasteiger charge is 2.33. The molecule has 0 aliphatic carbocycles. The number of likely N-dealkylation sites (N-methyl/N-ethyl adjacent to an activating group) is 1. The zero-order valence-corrected chi connectivity index (χ0v) is 13.3. The summed E-state index contributed by atoms with van der Waals surface area (Å²) in [4.78, 5) is 2.46. The van der Waals surface area contributed by atoms with Crippen LogP contribution in [0.4, 0.5) is 0 Å². The summed E-state index contributed by atoms with van der Waals surface area (Å²) in [6.07, 6.45) is 5.12. The van der Waals surface area contributed by atoms with E-state index >= 15 is 0 Å². The van der Waals surface area contributed by atoms with Gasteiger partial charge in [-0.25, -0.2) is 0 Å². The molecule has 0 bridgehead atoms. The number of nitrogens with one attached hydrogen (secondary N) is 1. The van der Waals surface area contributed by atoms with Gasteiger partial charge in [0.05, 0.1) is 6.07 Å². The number of hydrogen-bond donors (Lipinski definition) is 1. The van der Waals surface area contributed by atoms with Gasteiger partial charge in [-0.05, 0) is 50.9 Å². The Kier molecular flexibility index (Phi) is 5.78. The smallest absolute Gasteiger partial charge is 0.144 e. The van der Waals surface area contributed by atoms with Crippen molar-refractivity contribution >= 4 is 0 Å². The highest BCUT2D eigenvalue weighted by atomic mass is 15.2. The van der Waals surface area contributed by atoms with Crippen LogP contribution in [-0.4, -0.2) is 31.6 Å². The molecular formula is C18H27N3. The van der Waals surface area contributed by atoms with Gasteiger partial charge >= 0.3 is 0 Å². The fraction of sp³-hybridized carbons (Fsp3) is 0.611. The average molecular weight is 285 g/mol. The third kappa shape index (κ3) is 3.84. The molecule has 114 valence electrons. The Bertz CT molecular complexity index is 465. The third-order valence-electron chi connectivity index (χ3n) is 4.86. The van der Waals surface area contributed by atoms with Gasteiger partial charge in [0.1, 0.15) is 5.54 Å². The molecule has 1 N–H and O–H groups in total. The first-order valence-corrected chi connectivity index (χ1v) is 8.12. The lowest BCUT2D eigenvalue weighted by Crippen LogP contribution is -2.49. The van der Waals surface area contributed by atoms with E-state index in [1.807, 2.05) is 37.4 Å². The summed E-state index contributed by atoms with van der Waals surface area (Å²) in [6, 6.07) is 12.6. The van der Waals surface area contributed by atoms with Gasteiger partial charge in [0.2, 0.25) is 0 Å². The monoisotopic (exact) mass is 285 g/mol. The first kappa shape index (κ1) is 16.0. The van der Waals surface area contributed by atoms with Crippen molar-refractivity contribution in [2.75, 3.05) is 26.7 Å². The van der Waals surface area contributed by atoms with Gasteiger partial charge in [-0.2, -0.15) is 5.26 Å². The van der Waals surface area contributed by atoms with Crippen molar-refractivity contribution in [2.24, 2.45) is 5.92 Å². The van der Waals surface area contributed by atoms with Crippen LogP contribution >= 0.6 is 0 Å². The Balaban J connectivity index is 2.12. The minimum atomic E-state index is -0.604. The molecule has 3 nitrogen and oxygen atoms in total. The first-order chi connectivity index (χ1) is 10.2. The second kappa shape index (κ2) is 7.59. The van der Waals surface area contributed by atoms with Crippen LogP contribution in [-0.2, 0) is 5.54 Å². The van der Waals surface area contributed by atoms with E-state index in [-0.39, 0.29) is 0 Å². The van der Waals surface area contributed by atoms with Crippen molar-refractivity contribution in [3.8, 4) is 6.07 Å². The van der Waals surface area contributed by atoms with Crippen LogP contribution in [0.15, 0.2) is 30.3 Å². The maximum absolute atomic E-state index is 9.79. The van der Waals surface area contributed by atoms with Crippen molar-refractivity contribution in [1.82, 2.24) is 10.2 Å². The zero-order chi connectivity index (χ0) is 15.1. The number of hydrogen-bond acceptors (Lipinski definition) is 3. The quantitative estimate of drug-likeness (QED) is 0.903. The number of nitrogens with zero attached hydrogens (tertiary/aromatic N) is 2. The summed E-state index contributed by atoms with van der Waals surface area (Å²) in [5, 5.41) is 13.1. The molecule has 1 heterocycles. The fourth-order valence-electron chi connectivity index (χ4n) is 3.32. The van der Waals surface area contributed by atoms with E-state index in [0.29, 0.717) is 0 Å². The highest BCUT2D eigenvalue weighted by molar-refractivity contribution is 5.31. The van der Waals surface area contributed by atoms with Gasteiger partial charge < -0.3 is 4.90 Å². The molecule has 0 spiro atoms. The second-order valence-electron chi connectivity index (χ2n) is 6.11. The van der Waals surface area contributed by atoms with E-state index in [1.54, 1.807) is 0 Å². The minimum Gasteiger partial charge on any atom is -0.300 e. The molecule has 21 heavy (non-hydrogen) atoms. The maximum Gasteiger partial charge on any atom is 0.144 e. The Morgan fingerprint density at radius 2 is 2.05 bits per heavy atom. The topological polar surface area (TPSA) is 39.1 Å². The first-order valence-electron chi connectivity index (χ1n) is 8.12. The number of nitriles is 1. The van der Waals surface area contributed by atoms with Gasteiger partial charge in [0.25, 0.3) is 0 Å². The van der Waals surface area contributed by atoms with Gasteiger partial charge in [-0.3, -0.25) is 5.32 Å². The molecule has 1 aromatic carbocycles. The molecule has 1 saturated heterocycles. The van der Waals surface area contributed by atoms with Crippen molar-refractivity contribution in [1.29, 1.82) is 5.26 Å². The predicted octanol–water partition coefficient (Wildman–Crippen LogP) is 3.14. The van der Waals surface area contributed by atoms with E-state index in [2.05, 4.69) is 23.2 Å². The number of benzene rings is 1. The zero-order valence-electron chi connectivity index (χ0n) is 13.3. The van der Waals surface area contributed by atoms with Crippen molar-refractivity contribution in [2.45, 2.75) is 38.1 Å². The Morgan fingerprint density at radius 1 is 1.29 bits per heavy atom. The summed E-state index contributed by atoms with van der Waals surface area (Å²) in [7, 11) is 1.89. The Morgan fingerprint density at radius 3 is 2.67 bits per heavy atom. The SMILES string of the molecule is CCC1CCCN(CC(C#N)(NC)c2ccccc2)CC1. The molecule has 0 saturated carbocycles. The summed E-state index contributed by atoms with van der Waals surface area (Å²) in [5.41, 5.74) is 0.458. The molecule has 1 fully saturated rings. The molecule has 1 aromatic rings. The Hall–Kier alpha value is -1.37. The Labute approximate surface area is 129 Å². The van der Waals surface area contributed by atoms with Gasteiger partial charge in [-0.1, -0.05) is 43.7 Å². The lowest BCUT2D eigenvalue weighted by Gasteiger charge is -2.33. The minimum absolute atomic E-state index is 0.604. The van der Waals surface area contributed by atoms with Crippen LogP contribution in [0.1, 0.15) is 38.2 Å². The summed E-state index contributed by atoms with van der Waals surface area (Å²) in [6.45, 7) is 5.27. The van der Waals surface area contributed by atoms with E-state index < -0.39 is 5.54 Å². The number of likely N-dealkylation sites (tertiary alicyclic amines) is 1. The standard InChI is InChI=1S/C18H27N3/c1-3-16-8-7-12-21(13-11-16)15-18(14-19,20-2)17-9-5-4-6-10-17/h4-6,9-10,16,20H,3,7-8,11-13,15H2,1-2H3. The number of rotatable bonds is 5. The average Bonchev–Trinajstić information content (AvgIpc) is 2.78. The van der Waals surface area contributed by atoms with Crippen molar-refractivity contribution in [3.05, 3.63) is 35.9 Å². The van der Waals surface area contributed by atoms with E-state index in [9.17, 15) is 5.26 Å². The molecule has 1 aliphatic rings. The largest absolute Gasteiger partial charge is 0.300 e. The molecule has 0 aromatic heterocycles. The lowest BCUT2D eigenvalue weighted by atomic mass is 9.90. The summed E-state index contributed by atoms with van der Waals surface area (Å²) < 4.78 is 0. The van der Waals surface area contributed by atoms with Crippen LogP contribution in [0.2, 0.25) is 0 Å². The van der Waals surface area contributed by atoms with E-state index in [1.165, 1.54) is 25.7 Å². The molecule has 0 amide bonds. The summed E-state index contributed by atoms with van der Waals surface area (Å²) in [5.74, 6) is 0.859. The normalized spacial score (nSPS) is 23.0. The predicted molar refractivity (Wildman–Crippen MR) is 86.9 cm³/mol. The molecule has 2 atom stereocenters. The van der Waals surface area contributed by atoms with E-state index in [0.717, 1.165) is 31.1 Å². The van der Waals surface area contributed by atoms with Crippen LogP contribution in [0.5, 0.6) is 0 Å². The third-order valence-corrected chi connectivity index (χ3v) is 4.86. The molecule has 0 radical (unpaired) electrons.